The standard InChI is InChI=1S/C16H14N2O2/c1-12-11-14(5-4-13(12)3-2-10-19)16(20)18-15-6-8-17-9-7-15/h4-9,11,19H,10H2,1H3,(H,17,18,20). The van der Waals surface area contributed by atoms with E-state index in [4.69, 9.17) is 5.11 Å². The van der Waals surface area contributed by atoms with Gasteiger partial charge >= 0.3 is 0 Å². The van der Waals surface area contributed by atoms with Crippen molar-refractivity contribution in [1.29, 1.82) is 0 Å². The summed E-state index contributed by atoms with van der Waals surface area (Å²) in [5.41, 5.74) is 2.97. The molecule has 0 saturated carbocycles. The fourth-order valence-electron chi connectivity index (χ4n) is 1.72. The van der Waals surface area contributed by atoms with Crippen LogP contribution in [0.25, 0.3) is 0 Å². The summed E-state index contributed by atoms with van der Waals surface area (Å²) < 4.78 is 0. The highest BCUT2D eigenvalue weighted by atomic mass is 16.2. The zero-order valence-electron chi connectivity index (χ0n) is 11.1. The van der Waals surface area contributed by atoms with Crippen LogP contribution in [-0.4, -0.2) is 22.6 Å². The Hall–Kier alpha value is -2.64. The number of carbonyl (C=O) groups is 1. The molecule has 2 rings (SSSR count). The molecule has 0 aliphatic heterocycles. The highest BCUT2D eigenvalue weighted by molar-refractivity contribution is 6.04. The van der Waals surface area contributed by atoms with Crippen molar-refractivity contribution in [3.05, 3.63) is 59.4 Å². The number of amides is 1. The maximum Gasteiger partial charge on any atom is 0.255 e. The number of pyridine rings is 1. The van der Waals surface area contributed by atoms with Crippen LogP contribution in [0.3, 0.4) is 0 Å². The Labute approximate surface area is 117 Å². The molecule has 2 aromatic rings. The van der Waals surface area contributed by atoms with Crippen LogP contribution < -0.4 is 5.32 Å². The normalized spacial score (nSPS) is 9.50. The van der Waals surface area contributed by atoms with Crippen LogP contribution in [0.1, 0.15) is 21.5 Å². The van der Waals surface area contributed by atoms with Gasteiger partial charge in [-0.3, -0.25) is 9.78 Å². The average Bonchev–Trinajstić information content (AvgIpc) is 2.47. The number of aliphatic hydroxyl groups is 1. The number of benzene rings is 1. The third kappa shape index (κ3) is 3.44. The molecule has 1 amide bonds. The number of nitrogens with one attached hydrogen (secondary N) is 1. The molecular formula is C16H14N2O2. The predicted octanol–water partition coefficient (Wildman–Crippen LogP) is 1.99. The van der Waals surface area contributed by atoms with Gasteiger partial charge in [0.1, 0.15) is 6.61 Å². The summed E-state index contributed by atoms with van der Waals surface area (Å²) >= 11 is 0. The monoisotopic (exact) mass is 266 g/mol. The zero-order chi connectivity index (χ0) is 14.4. The average molecular weight is 266 g/mol. The molecule has 20 heavy (non-hydrogen) atoms. The van der Waals surface area contributed by atoms with Crippen molar-refractivity contribution in [2.75, 3.05) is 11.9 Å². The minimum atomic E-state index is -0.180. The smallest absolute Gasteiger partial charge is 0.255 e. The summed E-state index contributed by atoms with van der Waals surface area (Å²) in [5, 5.41) is 11.5. The van der Waals surface area contributed by atoms with Gasteiger partial charge in [0.25, 0.3) is 5.91 Å². The number of nitrogens with zero attached hydrogens (tertiary/aromatic N) is 1. The summed E-state index contributed by atoms with van der Waals surface area (Å²) in [6.45, 7) is 1.70. The van der Waals surface area contributed by atoms with Crippen molar-refractivity contribution in [2.24, 2.45) is 0 Å². The first-order chi connectivity index (χ1) is 9.70. The molecule has 0 bridgehead atoms. The third-order valence-electron chi connectivity index (χ3n) is 2.73. The number of hydrogen-bond acceptors (Lipinski definition) is 3. The van der Waals surface area contributed by atoms with Crippen LogP contribution in [0.4, 0.5) is 5.69 Å². The van der Waals surface area contributed by atoms with E-state index in [0.717, 1.165) is 11.1 Å². The molecular weight excluding hydrogens is 252 g/mol. The van der Waals surface area contributed by atoms with Crippen molar-refractivity contribution in [3.63, 3.8) is 0 Å². The summed E-state index contributed by atoms with van der Waals surface area (Å²) in [6.07, 6.45) is 3.24. The number of aromatic nitrogens is 1. The third-order valence-corrected chi connectivity index (χ3v) is 2.73. The summed E-state index contributed by atoms with van der Waals surface area (Å²) in [5.74, 6) is 5.25. The molecule has 0 aliphatic rings. The first kappa shape index (κ1) is 13.8. The Bertz CT molecular complexity index is 670. The largest absolute Gasteiger partial charge is 0.384 e. The lowest BCUT2D eigenvalue weighted by molar-refractivity contribution is 0.102. The second-order valence-electron chi connectivity index (χ2n) is 4.18. The van der Waals surface area contributed by atoms with Crippen molar-refractivity contribution in [2.45, 2.75) is 6.92 Å². The van der Waals surface area contributed by atoms with E-state index >= 15 is 0 Å². The van der Waals surface area contributed by atoms with E-state index in [2.05, 4.69) is 22.1 Å². The molecule has 0 radical (unpaired) electrons. The fraction of sp³-hybridized carbons (Fsp3) is 0.125. The molecule has 0 spiro atoms. The van der Waals surface area contributed by atoms with Gasteiger partial charge < -0.3 is 10.4 Å². The van der Waals surface area contributed by atoms with Gasteiger partial charge in [0.2, 0.25) is 0 Å². The van der Waals surface area contributed by atoms with Gasteiger partial charge in [-0.25, -0.2) is 0 Å². The Morgan fingerprint density at radius 2 is 2.05 bits per heavy atom. The zero-order valence-corrected chi connectivity index (χ0v) is 11.1. The Balaban J connectivity index is 2.17. The number of hydrogen-bond donors (Lipinski definition) is 2. The summed E-state index contributed by atoms with van der Waals surface area (Å²) in [4.78, 5) is 16.0. The van der Waals surface area contributed by atoms with Gasteiger partial charge in [-0.1, -0.05) is 11.8 Å². The summed E-state index contributed by atoms with van der Waals surface area (Å²) in [7, 11) is 0. The lowest BCUT2D eigenvalue weighted by Gasteiger charge is -2.06. The van der Waals surface area contributed by atoms with Crippen LogP contribution in [0.15, 0.2) is 42.7 Å². The van der Waals surface area contributed by atoms with Gasteiger partial charge in [0.05, 0.1) is 0 Å². The minimum absolute atomic E-state index is 0.177. The van der Waals surface area contributed by atoms with Crippen LogP contribution >= 0.6 is 0 Å². The van der Waals surface area contributed by atoms with E-state index in [1.54, 1.807) is 42.7 Å². The molecule has 0 fully saturated rings. The number of carbonyl (C=O) groups excluding carboxylic acids is 1. The molecule has 0 saturated heterocycles. The topological polar surface area (TPSA) is 62.2 Å². The molecule has 0 unspecified atom stereocenters. The van der Waals surface area contributed by atoms with Gasteiger partial charge in [0, 0.05) is 29.2 Å². The fourth-order valence-corrected chi connectivity index (χ4v) is 1.72. The van der Waals surface area contributed by atoms with Crippen LogP contribution in [0.2, 0.25) is 0 Å². The number of anilines is 1. The Kier molecular flexibility index (Phi) is 4.48. The van der Waals surface area contributed by atoms with Crippen LogP contribution in [-0.2, 0) is 0 Å². The van der Waals surface area contributed by atoms with Gasteiger partial charge in [-0.05, 0) is 42.8 Å². The summed E-state index contributed by atoms with van der Waals surface area (Å²) in [6, 6.07) is 8.72. The van der Waals surface area contributed by atoms with Crippen molar-refractivity contribution in [3.8, 4) is 11.8 Å². The van der Waals surface area contributed by atoms with Gasteiger partial charge in [-0.2, -0.15) is 0 Å². The van der Waals surface area contributed by atoms with E-state index in [1.807, 2.05) is 6.92 Å². The number of rotatable bonds is 2. The van der Waals surface area contributed by atoms with Gasteiger partial charge in [0.15, 0.2) is 0 Å². The predicted molar refractivity (Wildman–Crippen MR) is 77.3 cm³/mol. The second kappa shape index (κ2) is 6.50. The highest BCUT2D eigenvalue weighted by Gasteiger charge is 2.07. The second-order valence-corrected chi connectivity index (χ2v) is 4.18. The van der Waals surface area contributed by atoms with E-state index < -0.39 is 0 Å². The molecule has 4 heteroatoms. The van der Waals surface area contributed by atoms with Gasteiger partial charge in [-0.15, -0.1) is 0 Å². The Morgan fingerprint density at radius 3 is 2.70 bits per heavy atom. The van der Waals surface area contributed by atoms with Crippen LogP contribution in [0, 0.1) is 18.8 Å². The van der Waals surface area contributed by atoms with E-state index in [9.17, 15) is 4.79 Å². The molecule has 1 heterocycles. The van der Waals surface area contributed by atoms with E-state index in [0.29, 0.717) is 11.3 Å². The lowest BCUT2D eigenvalue weighted by Crippen LogP contribution is -2.12. The molecule has 0 atom stereocenters. The van der Waals surface area contributed by atoms with E-state index in [-0.39, 0.29) is 12.5 Å². The molecule has 1 aromatic carbocycles. The lowest BCUT2D eigenvalue weighted by atomic mass is 10.0. The van der Waals surface area contributed by atoms with Crippen molar-refractivity contribution in [1.82, 2.24) is 4.98 Å². The quantitative estimate of drug-likeness (QED) is 0.817. The molecule has 2 N–H and O–H groups in total. The first-order valence-electron chi connectivity index (χ1n) is 6.12. The minimum Gasteiger partial charge on any atom is -0.384 e. The maximum absolute atomic E-state index is 12.1. The maximum atomic E-state index is 12.1. The number of aryl methyl sites for hydroxylation is 1. The van der Waals surface area contributed by atoms with E-state index in [1.165, 1.54) is 0 Å². The molecule has 0 aliphatic carbocycles. The Morgan fingerprint density at radius 1 is 1.30 bits per heavy atom. The molecule has 4 nitrogen and oxygen atoms in total. The van der Waals surface area contributed by atoms with Crippen molar-refractivity contribution >= 4 is 11.6 Å². The molecule has 1 aromatic heterocycles. The molecule has 100 valence electrons. The van der Waals surface area contributed by atoms with Crippen molar-refractivity contribution < 1.29 is 9.90 Å². The number of aliphatic hydroxyl groups excluding tert-OH is 1. The SMILES string of the molecule is Cc1cc(C(=O)Nc2ccncc2)ccc1C#CCO. The first-order valence-corrected chi connectivity index (χ1v) is 6.12. The highest BCUT2D eigenvalue weighted by Crippen LogP contribution is 2.12. The van der Waals surface area contributed by atoms with Crippen LogP contribution in [0.5, 0.6) is 0 Å².